The highest BCUT2D eigenvalue weighted by molar-refractivity contribution is 5.85. The van der Waals surface area contributed by atoms with Crippen LogP contribution < -0.4 is 16.0 Å². The van der Waals surface area contributed by atoms with Gasteiger partial charge in [-0.15, -0.1) is 24.8 Å². The van der Waals surface area contributed by atoms with E-state index in [1.165, 1.54) is 0 Å². The number of dihydropyridines is 1. The zero-order chi connectivity index (χ0) is 14.6. The number of carbonyl (C=O) groups is 1. The standard InChI is InChI=1S/C13H18F3N3O.2ClH/c14-13(15,16)12(20)18-8-10-2-1-3-11(19-10)9-4-6-17-7-5-9;;/h1-3,9,11,17,19H,4-8H2,(H,18,20);2*1H. The molecule has 0 spiro atoms. The summed E-state index contributed by atoms with van der Waals surface area (Å²) in [6, 6.07) is 0.125. The minimum Gasteiger partial charge on any atom is -0.380 e. The van der Waals surface area contributed by atoms with Crippen LogP contribution in [0.25, 0.3) is 0 Å². The van der Waals surface area contributed by atoms with E-state index in [0.29, 0.717) is 11.6 Å². The second kappa shape index (κ2) is 9.27. The van der Waals surface area contributed by atoms with Crippen LogP contribution in [0.4, 0.5) is 13.2 Å². The number of rotatable bonds is 3. The van der Waals surface area contributed by atoms with Gasteiger partial charge in [0.2, 0.25) is 0 Å². The molecule has 1 unspecified atom stereocenters. The third-order valence-electron chi connectivity index (χ3n) is 3.56. The number of carbonyl (C=O) groups excluding carboxylic acids is 1. The zero-order valence-electron chi connectivity index (χ0n) is 11.8. The SMILES string of the molecule is Cl.Cl.O=C(NCC1=CC=CC(C2CCNCC2)N1)C(F)(F)F. The Morgan fingerprint density at radius 3 is 2.50 bits per heavy atom. The maximum atomic E-state index is 12.1. The number of hydrogen-bond acceptors (Lipinski definition) is 3. The number of alkyl halides is 3. The van der Waals surface area contributed by atoms with Gasteiger partial charge in [-0.2, -0.15) is 13.2 Å². The topological polar surface area (TPSA) is 53.2 Å². The molecule has 1 fully saturated rings. The Bertz CT molecular complexity index is 421. The van der Waals surface area contributed by atoms with Crippen LogP contribution in [0.5, 0.6) is 0 Å². The minimum absolute atomic E-state index is 0. The first-order chi connectivity index (χ1) is 9.47. The van der Waals surface area contributed by atoms with Crippen LogP contribution in [0.3, 0.4) is 0 Å². The molecule has 0 bridgehead atoms. The Morgan fingerprint density at radius 1 is 1.27 bits per heavy atom. The molecule has 2 aliphatic rings. The summed E-state index contributed by atoms with van der Waals surface area (Å²) < 4.78 is 36.3. The molecule has 1 atom stereocenters. The van der Waals surface area contributed by atoms with Gasteiger partial charge in [0.25, 0.3) is 0 Å². The highest BCUT2D eigenvalue weighted by atomic mass is 35.5. The minimum atomic E-state index is -4.83. The molecule has 0 aliphatic carbocycles. The van der Waals surface area contributed by atoms with Gasteiger partial charge in [0.15, 0.2) is 0 Å². The first-order valence-electron chi connectivity index (χ1n) is 6.66. The monoisotopic (exact) mass is 361 g/mol. The molecule has 0 aromatic carbocycles. The summed E-state index contributed by atoms with van der Waals surface area (Å²) in [7, 11) is 0. The number of nitrogens with one attached hydrogen (secondary N) is 3. The molecule has 9 heteroatoms. The van der Waals surface area contributed by atoms with Crippen LogP contribution in [-0.2, 0) is 4.79 Å². The van der Waals surface area contributed by atoms with Crippen LogP contribution in [0.1, 0.15) is 12.8 Å². The number of allylic oxidation sites excluding steroid dienone is 2. The molecule has 1 amide bonds. The van der Waals surface area contributed by atoms with Crippen molar-refractivity contribution >= 4 is 30.7 Å². The fourth-order valence-electron chi connectivity index (χ4n) is 2.47. The highest BCUT2D eigenvalue weighted by Gasteiger charge is 2.38. The third-order valence-corrected chi connectivity index (χ3v) is 3.56. The third kappa shape index (κ3) is 6.06. The summed E-state index contributed by atoms with van der Waals surface area (Å²) in [4.78, 5) is 10.8. The van der Waals surface area contributed by atoms with Crippen molar-refractivity contribution in [1.29, 1.82) is 0 Å². The van der Waals surface area contributed by atoms with E-state index in [1.807, 2.05) is 17.5 Å². The molecule has 0 saturated carbocycles. The maximum absolute atomic E-state index is 12.1. The molecular formula is C13H20Cl2F3N3O. The van der Waals surface area contributed by atoms with E-state index >= 15 is 0 Å². The molecule has 0 radical (unpaired) electrons. The van der Waals surface area contributed by atoms with Crippen LogP contribution >= 0.6 is 24.8 Å². The van der Waals surface area contributed by atoms with Gasteiger partial charge in [0.05, 0.1) is 6.54 Å². The van der Waals surface area contributed by atoms with Crippen LogP contribution in [0.15, 0.2) is 23.9 Å². The van der Waals surface area contributed by atoms with Crippen LogP contribution in [-0.4, -0.2) is 37.8 Å². The van der Waals surface area contributed by atoms with Gasteiger partial charge in [-0.05, 0) is 37.9 Å². The molecule has 0 aromatic heterocycles. The lowest BCUT2D eigenvalue weighted by molar-refractivity contribution is -0.173. The first-order valence-corrected chi connectivity index (χ1v) is 6.66. The van der Waals surface area contributed by atoms with Crippen molar-refractivity contribution in [2.75, 3.05) is 19.6 Å². The van der Waals surface area contributed by atoms with Crippen molar-refractivity contribution in [1.82, 2.24) is 16.0 Å². The van der Waals surface area contributed by atoms with E-state index < -0.39 is 12.1 Å². The molecule has 128 valence electrons. The molecule has 3 N–H and O–H groups in total. The molecule has 2 heterocycles. The summed E-state index contributed by atoms with van der Waals surface area (Å²) in [5.41, 5.74) is 0.605. The quantitative estimate of drug-likeness (QED) is 0.719. The van der Waals surface area contributed by atoms with Gasteiger partial charge in [-0.25, -0.2) is 0 Å². The van der Waals surface area contributed by atoms with E-state index in [0.717, 1.165) is 25.9 Å². The van der Waals surface area contributed by atoms with Gasteiger partial charge >= 0.3 is 12.1 Å². The van der Waals surface area contributed by atoms with Crippen molar-refractivity contribution in [3.8, 4) is 0 Å². The summed E-state index contributed by atoms with van der Waals surface area (Å²) in [5.74, 6) is -1.44. The van der Waals surface area contributed by atoms with Crippen molar-refractivity contribution in [3.63, 3.8) is 0 Å². The summed E-state index contributed by atoms with van der Waals surface area (Å²) in [6.45, 7) is 1.78. The lowest BCUT2D eigenvalue weighted by Gasteiger charge is -2.32. The maximum Gasteiger partial charge on any atom is 0.471 e. The predicted octanol–water partition coefficient (Wildman–Crippen LogP) is 1.92. The normalized spacial score (nSPS) is 21.8. The van der Waals surface area contributed by atoms with E-state index in [2.05, 4.69) is 10.6 Å². The molecule has 4 nitrogen and oxygen atoms in total. The fraction of sp³-hybridized carbons (Fsp3) is 0.615. The zero-order valence-corrected chi connectivity index (χ0v) is 13.4. The van der Waals surface area contributed by atoms with Gasteiger partial charge in [-0.3, -0.25) is 4.79 Å². The van der Waals surface area contributed by atoms with Crippen molar-refractivity contribution in [2.45, 2.75) is 25.1 Å². The molecule has 2 aliphatic heterocycles. The van der Waals surface area contributed by atoms with E-state index in [1.54, 1.807) is 6.08 Å². The van der Waals surface area contributed by atoms with E-state index in [4.69, 9.17) is 0 Å². The van der Waals surface area contributed by atoms with Crippen molar-refractivity contribution in [3.05, 3.63) is 23.9 Å². The number of piperidine rings is 1. The number of hydrogen-bond donors (Lipinski definition) is 3. The van der Waals surface area contributed by atoms with Crippen LogP contribution in [0, 0.1) is 5.92 Å². The van der Waals surface area contributed by atoms with E-state index in [-0.39, 0.29) is 37.4 Å². The number of halogens is 5. The first kappa shape index (κ1) is 21.1. The molecule has 0 aromatic rings. The van der Waals surface area contributed by atoms with Gasteiger partial charge in [0, 0.05) is 11.7 Å². The lowest BCUT2D eigenvalue weighted by atomic mass is 9.89. The predicted molar refractivity (Wildman–Crippen MR) is 83.3 cm³/mol. The summed E-state index contributed by atoms with van der Waals surface area (Å²) >= 11 is 0. The second-order valence-electron chi connectivity index (χ2n) is 5.01. The van der Waals surface area contributed by atoms with Crippen LogP contribution in [0.2, 0.25) is 0 Å². The van der Waals surface area contributed by atoms with Crippen molar-refractivity contribution < 1.29 is 18.0 Å². The summed E-state index contributed by atoms with van der Waals surface area (Å²) in [6.07, 6.45) is 2.77. The van der Waals surface area contributed by atoms with E-state index in [9.17, 15) is 18.0 Å². The molecule has 1 saturated heterocycles. The van der Waals surface area contributed by atoms with Gasteiger partial charge < -0.3 is 16.0 Å². The second-order valence-corrected chi connectivity index (χ2v) is 5.01. The smallest absolute Gasteiger partial charge is 0.380 e. The van der Waals surface area contributed by atoms with Crippen molar-refractivity contribution in [2.24, 2.45) is 5.92 Å². The Labute approximate surface area is 139 Å². The average Bonchev–Trinajstić information content (AvgIpc) is 2.45. The Hall–Kier alpha value is -0.920. The Balaban J connectivity index is 0.00000220. The molecule has 2 rings (SSSR count). The Morgan fingerprint density at radius 2 is 1.91 bits per heavy atom. The van der Waals surface area contributed by atoms with Gasteiger partial charge in [0.1, 0.15) is 0 Å². The average molecular weight is 362 g/mol. The summed E-state index contributed by atoms with van der Waals surface area (Å²) in [5, 5.41) is 8.34. The fourth-order valence-corrected chi connectivity index (χ4v) is 2.47. The highest BCUT2D eigenvalue weighted by Crippen LogP contribution is 2.20. The largest absolute Gasteiger partial charge is 0.471 e. The van der Waals surface area contributed by atoms with Gasteiger partial charge in [-0.1, -0.05) is 12.2 Å². The molecular weight excluding hydrogens is 342 g/mol. The Kier molecular flexibility index (Phi) is 8.88. The lowest BCUT2D eigenvalue weighted by Crippen LogP contribution is -2.44. The number of amides is 1. The molecule has 22 heavy (non-hydrogen) atoms.